The van der Waals surface area contributed by atoms with Gasteiger partial charge in [-0.15, -0.1) is 0 Å². The number of hydrogen-bond donors (Lipinski definition) is 0. The number of hydrogen-bond acceptors (Lipinski definition) is 0. The van der Waals surface area contributed by atoms with E-state index in [2.05, 4.69) is 12.2 Å². The molecule has 1 unspecified atom stereocenters. The summed E-state index contributed by atoms with van der Waals surface area (Å²) in [6.45, 7) is 0. The molecule has 0 amide bonds. The summed E-state index contributed by atoms with van der Waals surface area (Å²) >= 11 is 0. The molecule has 2 aliphatic rings. The molecule has 0 heteroatoms. The van der Waals surface area contributed by atoms with Crippen molar-refractivity contribution in [1.29, 1.82) is 0 Å². The standard InChI is InChI=1S/C9H13/c1-2-4-6-9-7-8(9)5-3-1/h3,5,9H,1-2,4,6-7H2/b5-3-. The Labute approximate surface area is 57.0 Å². The predicted molar refractivity (Wildman–Crippen MR) is 39.0 cm³/mol. The lowest BCUT2D eigenvalue weighted by molar-refractivity contribution is 0.635. The Morgan fingerprint density at radius 1 is 1.33 bits per heavy atom. The summed E-state index contributed by atoms with van der Waals surface area (Å²) in [5, 5.41) is 0. The van der Waals surface area contributed by atoms with E-state index >= 15 is 0 Å². The molecular weight excluding hydrogens is 108 g/mol. The van der Waals surface area contributed by atoms with Crippen LogP contribution >= 0.6 is 0 Å². The van der Waals surface area contributed by atoms with E-state index in [9.17, 15) is 0 Å². The molecule has 0 N–H and O–H groups in total. The highest BCUT2D eigenvalue weighted by atomic mass is 14.4. The normalized spacial score (nSPS) is 38.4. The molecule has 49 valence electrons. The molecule has 9 heavy (non-hydrogen) atoms. The molecule has 0 bridgehead atoms. The number of fused-ring (bicyclic) bond motifs is 1. The topological polar surface area (TPSA) is 0 Å². The maximum Gasteiger partial charge on any atom is 0.000692 e. The van der Waals surface area contributed by atoms with Crippen molar-refractivity contribution in [2.24, 2.45) is 5.92 Å². The Morgan fingerprint density at radius 3 is 3.33 bits per heavy atom. The van der Waals surface area contributed by atoms with E-state index < -0.39 is 0 Å². The van der Waals surface area contributed by atoms with E-state index in [1.165, 1.54) is 32.1 Å². The van der Waals surface area contributed by atoms with Crippen molar-refractivity contribution in [3.8, 4) is 0 Å². The van der Waals surface area contributed by atoms with Crippen molar-refractivity contribution in [2.75, 3.05) is 0 Å². The SMILES string of the molecule is C1=C\[C]2CC2CCCC/1. The van der Waals surface area contributed by atoms with Gasteiger partial charge in [0.15, 0.2) is 0 Å². The summed E-state index contributed by atoms with van der Waals surface area (Å²) in [7, 11) is 0. The monoisotopic (exact) mass is 121 g/mol. The van der Waals surface area contributed by atoms with Gasteiger partial charge < -0.3 is 0 Å². The zero-order valence-corrected chi connectivity index (χ0v) is 5.77. The molecule has 0 aromatic carbocycles. The smallest absolute Gasteiger partial charge is 0.000692 e. The maximum absolute atomic E-state index is 2.35. The van der Waals surface area contributed by atoms with Gasteiger partial charge in [0, 0.05) is 5.92 Å². The Hall–Kier alpha value is -0.260. The van der Waals surface area contributed by atoms with E-state index in [0.29, 0.717) is 0 Å². The Bertz CT molecular complexity index is 124. The van der Waals surface area contributed by atoms with E-state index in [0.717, 1.165) is 5.92 Å². The molecule has 1 radical (unpaired) electrons. The van der Waals surface area contributed by atoms with E-state index in [-0.39, 0.29) is 0 Å². The van der Waals surface area contributed by atoms with Crippen molar-refractivity contribution in [2.45, 2.75) is 32.1 Å². The van der Waals surface area contributed by atoms with Crippen molar-refractivity contribution in [1.82, 2.24) is 0 Å². The van der Waals surface area contributed by atoms with Crippen LogP contribution in [0, 0.1) is 11.8 Å². The lowest BCUT2D eigenvalue weighted by Gasteiger charge is -1.99. The summed E-state index contributed by atoms with van der Waals surface area (Å²) in [5.41, 5.74) is 0. The van der Waals surface area contributed by atoms with Gasteiger partial charge in [-0.05, 0) is 31.6 Å². The predicted octanol–water partition coefficient (Wildman–Crippen LogP) is 2.71. The quantitative estimate of drug-likeness (QED) is 0.462. The summed E-state index contributed by atoms with van der Waals surface area (Å²) in [5.74, 6) is 2.73. The number of allylic oxidation sites excluding steroid dienone is 2. The van der Waals surface area contributed by atoms with Crippen LogP contribution in [-0.2, 0) is 0 Å². The minimum Gasteiger partial charge on any atom is -0.0879 e. The summed E-state index contributed by atoms with van der Waals surface area (Å²) in [6, 6.07) is 0. The molecule has 0 aromatic heterocycles. The second-order valence-electron chi connectivity index (χ2n) is 3.16. The highest BCUT2D eigenvalue weighted by Gasteiger charge is 2.34. The second kappa shape index (κ2) is 2.17. The van der Waals surface area contributed by atoms with Crippen LogP contribution in [0.15, 0.2) is 12.2 Å². The summed E-state index contributed by atoms with van der Waals surface area (Å²) in [4.78, 5) is 0. The van der Waals surface area contributed by atoms with Gasteiger partial charge in [-0.2, -0.15) is 0 Å². The molecule has 2 rings (SSSR count). The van der Waals surface area contributed by atoms with Crippen LogP contribution in [0.1, 0.15) is 32.1 Å². The molecule has 0 spiro atoms. The van der Waals surface area contributed by atoms with Gasteiger partial charge in [-0.1, -0.05) is 18.6 Å². The fraction of sp³-hybridized carbons (Fsp3) is 0.667. The largest absolute Gasteiger partial charge is 0.0879 e. The molecule has 0 aliphatic heterocycles. The fourth-order valence-electron chi connectivity index (χ4n) is 1.60. The van der Waals surface area contributed by atoms with Gasteiger partial charge >= 0.3 is 0 Å². The van der Waals surface area contributed by atoms with Gasteiger partial charge in [0.2, 0.25) is 0 Å². The summed E-state index contributed by atoms with van der Waals surface area (Å²) in [6.07, 6.45) is 11.8. The maximum atomic E-state index is 2.35. The van der Waals surface area contributed by atoms with Crippen LogP contribution in [0.3, 0.4) is 0 Å². The molecule has 0 heterocycles. The molecule has 1 saturated carbocycles. The van der Waals surface area contributed by atoms with Gasteiger partial charge in [-0.25, -0.2) is 0 Å². The Balaban J connectivity index is 1.95. The minimum atomic E-state index is 1.02. The van der Waals surface area contributed by atoms with Gasteiger partial charge in [0.1, 0.15) is 0 Å². The summed E-state index contributed by atoms with van der Waals surface area (Å²) < 4.78 is 0. The highest BCUT2D eigenvalue weighted by molar-refractivity contribution is 5.26. The van der Waals surface area contributed by atoms with Crippen molar-refractivity contribution < 1.29 is 0 Å². The van der Waals surface area contributed by atoms with Crippen LogP contribution < -0.4 is 0 Å². The van der Waals surface area contributed by atoms with Crippen molar-refractivity contribution >= 4 is 0 Å². The van der Waals surface area contributed by atoms with Crippen LogP contribution in [0.5, 0.6) is 0 Å². The zero-order valence-electron chi connectivity index (χ0n) is 5.77. The van der Waals surface area contributed by atoms with Crippen LogP contribution in [0.4, 0.5) is 0 Å². The van der Waals surface area contributed by atoms with E-state index in [1.807, 2.05) is 0 Å². The molecule has 2 aliphatic carbocycles. The lowest BCUT2D eigenvalue weighted by Crippen LogP contribution is -1.83. The van der Waals surface area contributed by atoms with Crippen LogP contribution in [0.2, 0.25) is 0 Å². The molecular formula is C9H13. The third kappa shape index (κ3) is 1.17. The molecule has 0 saturated heterocycles. The van der Waals surface area contributed by atoms with E-state index in [4.69, 9.17) is 0 Å². The van der Waals surface area contributed by atoms with Crippen molar-refractivity contribution in [3.05, 3.63) is 18.1 Å². The zero-order chi connectivity index (χ0) is 6.10. The molecule has 0 aromatic rings. The first-order chi connectivity index (χ1) is 4.47. The molecule has 1 atom stereocenters. The first-order valence-electron chi connectivity index (χ1n) is 3.99. The first kappa shape index (κ1) is 5.52. The van der Waals surface area contributed by atoms with Crippen molar-refractivity contribution in [3.63, 3.8) is 0 Å². The van der Waals surface area contributed by atoms with Crippen LogP contribution in [0.25, 0.3) is 0 Å². The van der Waals surface area contributed by atoms with E-state index in [1.54, 1.807) is 5.92 Å². The first-order valence-corrected chi connectivity index (χ1v) is 3.99. The third-order valence-corrected chi connectivity index (χ3v) is 2.35. The van der Waals surface area contributed by atoms with Gasteiger partial charge in [0.25, 0.3) is 0 Å². The van der Waals surface area contributed by atoms with Gasteiger partial charge in [-0.3, -0.25) is 0 Å². The third-order valence-electron chi connectivity index (χ3n) is 2.35. The average molecular weight is 121 g/mol. The highest BCUT2D eigenvalue weighted by Crippen LogP contribution is 2.46. The molecule has 1 fully saturated rings. The molecule has 0 nitrogen and oxygen atoms in total. The fourth-order valence-corrected chi connectivity index (χ4v) is 1.60. The lowest BCUT2D eigenvalue weighted by atomic mass is 10.1. The number of rotatable bonds is 0. The minimum absolute atomic E-state index is 1.02. The average Bonchev–Trinajstić information content (AvgIpc) is 2.46. The Morgan fingerprint density at radius 2 is 2.33 bits per heavy atom. The van der Waals surface area contributed by atoms with Gasteiger partial charge in [0.05, 0.1) is 0 Å². The Kier molecular flexibility index (Phi) is 1.33. The van der Waals surface area contributed by atoms with Crippen LogP contribution in [-0.4, -0.2) is 0 Å². The second-order valence-corrected chi connectivity index (χ2v) is 3.16.